The van der Waals surface area contributed by atoms with Crippen LogP contribution in [0, 0.1) is 0 Å². The number of rotatable bonds is 5. The van der Waals surface area contributed by atoms with Crippen LogP contribution in [0.3, 0.4) is 0 Å². The van der Waals surface area contributed by atoms with Gasteiger partial charge in [-0.15, -0.1) is 11.8 Å². The van der Waals surface area contributed by atoms with Crippen LogP contribution in [0.1, 0.15) is 31.9 Å². The second-order valence-corrected chi connectivity index (χ2v) is 4.74. The smallest absolute Gasteiger partial charge is 0.333 e. The maximum atomic E-state index is 11.5. The predicted molar refractivity (Wildman–Crippen MR) is 72.2 cm³/mol. The molecule has 1 unspecified atom stereocenters. The summed E-state index contributed by atoms with van der Waals surface area (Å²) in [6, 6.07) is 8.09. The molecule has 0 spiro atoms. The number of hydrogen-bond donors (Lipinski definition) is 0. The van der Waals surface area contributed by atoms with Gasteiger partial charge in [0.2, 0.25) is 0 Å². The molecule has 0 amide bonds. The van der Waals surface area contributed by atoms with E-state index in [4.69, 9.17) is 4.74 Å². The van der Waals surface area contributed by atoms with E-state index < -0.39 is 0 Å². The van der Waals surface area contributed by atoms with Gasteiger partial charge in [-0.3, -0.25) is 0 Å². The van der Waals surface area contributed by atoms with E-state index in [-0.39, 0.29) is 12.1 Å². The van der Waals surface area contributed by atoms with Crippen molar-refractivity contribution in [3.63, 3.8) is 0 Å². The molecule has 0 aromatic heterocycles. The van der Waals surface area contributed by atoms with Gasteiger partial charge in [-0.05, 0) is 37.3 Å². The van der Waals surface area contributed by atoms with E-state index >= 15 is 0 Å². The lowest BCUT2D eigenvalue weighted by molar-refractivity contribution is -0.144. The summed E-state index contributed by atoms with van der Waals surface area (Å²) in [5, 5.41) is 0. The zero-order valence-corrected chi connectivity index (χ0v) is 11.3. The lowest BCUT2D eigenvalue weighted by atomic mass is 10.1. The molecule has 0 saturated carbocycles. The SMILES string of the molecule is C=C(C)C(=O)OC(CC)c1ccc(SC)cc1. The standard InChI is InChI=1S/C14H18O2S/c1-5-13(16-14(15)10(2)3)11-6-8-12(17-4)9-7-11/h6-9,13H,2,5H2,1,3-4H3. The Morgan fingerprint density at radius 3 is 2.41 bits per heavy atom. The number of benzene rings is 1. The highest BCUT2D eigenvalue weighted by Crippen LogP contribution is 2.24. The molecule has 0 aliphatic heterocycles. The Bertz CT molecular complexity index is 395. The van der Waals surface area contributed by atoms with Crippen molar-refractivity contribution in [2.45, 2.75) is 31.3 Å². The van der Waals surface area contributed by atoms with Gasteiger partial charge >= 0.3 is 5.97 Å². The molecular formula is C14H18O2S. The molecule has 0 heterocycles. The van der Waals surface area contributed by atoms with Crippen LogP contribution in [-0.4, -0.2) is 12.2 Å². The number of carbonyl (C=O) groups excluding carboxylic acids is 1. The average Bonchev–Trinajstić information content (AvgIpc) is 2.35. The zero-order chi connectivity index (χ0) is 12.8. The van der Waals surface area contributed by atoms with Crippen molar-refractivity contribution in [2.24, 2.45) is 0 Å². The van der Waals surface area contributed by atoms with Crippen molar-refractivity contribution >= 4 is 17.7 Å². The summed E-state index contributed by atoms with van der Waals surface area (Å²) in [7, 11) is 0. The molecule has 1 rings (SSSR count). The normalized spacial score (nSPS) is 11.9. The number of hydrogen-bond acceptors (Lipinski definition) is 3. The third-order valence-corrected chi connectivity index (χ3v) is 3.20. The van der Waals surface area contributed by atoms with Crippen LogP contribution >= 0.6 is 11.8 Å². The summed E-state index contributed by atoms with van der Waals surface area (Å²) in [5.74, 6) is -0.328. The summed E-state index contributed by atoms with van der Waals surface area (Å²) in [5.41, 5.74) is 1.46. The monoisotopic (exact) mass is 250 g/mol. The topological polar surface area (TPSA) is 26.3 Å². The quantitative estimate of drug-likeness (QED) is 0.449. The number of carbonyl (C=O) groups is 1. The van der Waals surface area contributed by atoms with Crippen LogP contribution < -0.4 is 0 Å². The van der Waals surface area contributed by atoms with E-state index in [2.05, 4.69) is 6.58 Å². The third-order valence-electron chi connectivity index (χ3n) is 2.46. The van der Waals surface area contributed by atoms with Crippen LogP contribution in [0.15, 0.2) is 41.3 Å². The van der Waals surface area contributed by atoms with Crippen molar-refractivity contribution in [1.82, 2.24) is 0 Å². The van der Waals surface area contributed by atoms with E-state index in [1.165, 1.54) is 4.90 Å². The minimum atomic E-state index is -0.328. The first-order chi connectivity index (χ1) is 8.08. The molecule has 1 aromatic rings. The highest BCUT2D eigenvalue weighted by molar-refractivity contribution is 7.98. The van der Waals surface area contributed by atoms with Crippen LogP contribution in [0.2, 0.25) is 0 Å². The van der Waals surface area contributed by atoms with Gasteiger partial charge in [0.15, 0.2) is 0 Å². The van der Waals surface area contributed by atoms with Crippen molar-refractivity contribution < 1.29 is 9.53 Å². The van der Waals surface area contributed by atoms with Gasteiger partial charge in [0.05, 0.1) is 0 Å². The summed E-state index contributed by atoms with van der Waals surface area (Å²) in [4.78, 5) is 12.7. The lowest BCUT2D eigenvalue weighted by Crippen LogP contribution is -2.11. The Hall–Kier alpha value is -1.22. The molecule has 0 N–H and O–H groups in total. The van der Waals surface area contributed by atoms with Crippen molar-refractivity contribution in [3.8, 4) is 0 Å². The van der Waals surface area contributed by atoms with Crippen LogP contribution in [0.5, 0.6) is 0 Å². The molecule has 1 atom stereocenters. The molecule has 17 heavy (non-hydrogen) atoms. The first-order valence-electron chi connectivity index (χ1n) is 5.59. The van der Waals surface area contributed by atoms with Crippen molar-refractivity contribution in [2.75, 3.05) is 6.26 Å². The van der Waals surface area contributed by atoms with Gasteiger partial charge < -0.3 is 4.74 Å². The number of ether oxygens (including phenoxy) is 1. The van der Waals surface area contributed by atoms with E-state index in [0.29, 0.717) is 5.57 Å². The van der Waals surface area contributed by atoms with Crippen LogP contribution in [-0.2, 0) is 9.53 Å². The highest BCUT2D eigenvalue weighted by Gasteiger charge is 2.14. The second kappa shape index (κ2) is 6.50. The van der Waals surface area contributed by atoms with Gasteiger partial charge in [-0.25, -0.2) is 4.79 Å². The van der Waals surface area contributed by atoms with E-state index in [1.54, 1.807) is 18.7 Å². The Labute approximate surface area is 107 Å². The predicted octanol–water partition coefficient (Wildman–Crippen LogP) is 3.98. The molecule has 3 heteroatoms. The van der Waals surface area contributed by atoms with E-state index in [9.17, 15) is 4.79 Å². The van der Waals surface area contributed by atoms with Crippen molar-refractivity contribution in [1.29, 1.82) is 0 Å². The molecule has 0 fully saturated rings. The summed E-state index contributed by atoms with van der Waals surface area (Å²) < 4.78 is 5.38. The maximum absolute atomic E-state index is 11.5. The molecule has 0 saturated heterocycles. The van der Waals surface area contributed by atoms with Gasteiger partial charge in [0.25, 0.3) is 0 Å². The molecule has 92 valence electrons. The molecule has 0 aliphatic carbocycles. The van der Waals surface area contributed by atoms with Gasteiger partial charge in [0, 0.05) is 10.5 Å². The Morgan fingerprint density at radius 1 is 1.41 bits per heavy atom. The fourth-order valence-corrected chi connectivity index (χ4v) is 1.84. The number of esters is 1. The van der Waals surface area contributed by atoms with Gasteiger partial charge in [-0.2, -0.15) is 0 Å². The maximum Gasteiger partial charge on any atom is 0.333 e. The van der Waals surface area contributed by atoms with Crippen LogP contribution in [0.25, 0.3) is 0 Å². The minimum Gasteiger partial charge on any atom is -0.454 e. The summed E-state index contributed by atoms with van der Waals surface area (Å²) in [6.45, 7) is 7.24. The largest absolute Gasteiger partial charge is 0.454 e. The molecule has 2 nitrogen and oxygen atoms in total. The molecule has 0 aliphatic rings. The van der Waals surface area contributed by atoms with Crippen molar-refractivity contribution in [3.05, 3.63) is 42.0 Å². The van der Waals surface area contributed by atoms with E-state index in [1.807, 2.05) is 37.4 Å². The summed E-state index contributed by atoms with van der Waals surface area (Å²) in [6.07, 6.45) is 2.61. The number of thioether (sulfide) groups is 1. The first-order valence-corrected chi connectivity index (χ1v) is 6.81. The molecule has 1 aromatic carbocycles. The lowest BCUT2D eigenvalue weighted by Gasteiger charge is -2.16. The average molecular weight is 250 g/mol. The first kappa shape index (κ1) is 13.8. The molecular weight excluding hydrogens is 232 g/mol. The highest BCUT2D eigenvalue weighted by atomic mass is 32.2. The fraction of sp³-hybridized carbons (Fsp3) is 0.357. The van der Waals surface area contributed by atoms with Gasteiger partial charge in [-0.1, -0.05) is 25.6 Å². The second-order valence-electron chi connectivity index (χ2n) is 3.86. The Balaban J connectivity index is 2.78. The molecule has 0 bridgehead atoms. The van der Waals surface area contributed by atoms with Crippen LogP contribution in [0.4, 0.5) is 0 Å². The van der Waals surface area contributed by atoms with Gasteiger partial charge in [0.1, 0.15) is 6.10 Å². The van der Waals surface area contributed by atoms with E-state index in [0.717, 1.165) is 12.0 Å². The molecule has 0 radical (unpaired) electrons. The Morgan fingerprint density at radius 2 is 2.00 bits per heavy atom. The fourth-order valence-electron chi connectivity index (χ4n) is 1.44. The summed E-state index contributed by atoms with van der Waals surface area (Å²) >= 11 is 1.69. The minimum absolute atomic E-state index is 0.185. The zero-order valence-electron chi connectivity index (χ0n) is 10.5. The third kappa shape index (κ3) is 3.93. The Kier molecular flexibility index (Phi) is 5.29.